The Morgan fingerprint density at radius 2 is 1.72 bits per heavy atom. The van der Waals surface area contributed by atoms with Crippen molar-refractivity contribution in [3.8, 4) is 5.69 Å². The van der Waals surface area contributed by atoms with Gasteiger partial charge in [0.2, 0.25) is 17.6 Å². The van der Waals surface area contributed by atoms with Crippen LogP contribution in [0.4, 0.5) is 17.1 Å². The van der Waals surface area contributed by atoms with Crippen molar-refractivity contribution in [3.05, 3.63) is 89.2 Å². The van der Waals surface area contributed by atoms with Gasteiger partial charge in [-0.15, -0.1) is 5.10 Å². The second kappa shape index (κ2) is 17.3. The zero-order valence-electron chi connectivity index (χ0n) is 29.6. The van der Waals surface area contributed by atoms with Crippen molar-refractivity contribution in [2.45, 2.75) is 45.6 Å². The van der Waals surface area contributed by atoms with Crippen LogP contribution >= 0.6 is 11.6 Å². The number of carbonyl (C=O) groups excluding carboxylic acids is 5. The molecule has 0 spiro atoms. The number of nitrogens with one attached hydrogen (secondary N) is 2. The number of nitrogens with zero attached hydrogens (tertiary/aromatic N) is 6. The fourth-order valence-corrected chi connectivity index (χ4v) is 5.88. The smallest absolute Gasteiger partial charge is 0.338 e. The third-order valence-electron chi connectivity index (χ3n) is 8.38. The second-order valence-corrected chi connectivity index (χ2v) is 13.9. The van der Waals surface area contributed by atoms with Crippen molar-refractivity contribution in [3.63, 3.8) is 0 Å². The fraction of sp³-hybridized carbons (Fsp3) is 0.351. The maximum Gasteiger partial charge on any atom is 0.338 e. The zero-order valence-corrected chi connectivity index (χ0v) is 30.4. The number of aromatic nitrogens is 4. The topological polar surface area (TPSA) is 189 Å². The third-order valence-corrected chi connectivity index (χ3v) is 8.61. The number of benzene rings is 3. The zero-order chi connectivity index (χ0) is 38.1. The van der Waals surface area contributed by atoms with Gasteiger partial charge in [0.05, 0.1) is 30.1 Å². The summed E-state index contributed by atoms with van der Waals surface area (Å²) >= 11 is 6.16. The third kappa shape index (κ3) is 10.8. The summed E-state index contributed by atoms with van der Waals surface area (Å²) in [5, 5.41) is 26.0. The average Bonchev–Trinajstić information content (AvgIpc) is 3.65. The Balaban J connectivity index is 1.28. The SMILES string of the molecule is CC(C)(C)OC(=O)c1ccc(NC(=O)[C@@H](CCC(=O)C(=O)Nc2cc(Cl)ccc2-n2cnnn2)Cc2ccc(N3CCN(CCO)CC3=O)cc2)cc1. The first-order valence-corrected chi connectivity index (χ1v) is 17.4. The summed E-state index contributed by atoms with van der Waals surface area (Å²) in [6, 6.07) is 18.2. The number of halogens is 1. The Hall–Kier alpha value is -5.51. The number of anilines is 3. The predicted octanol–water partition coefficient (Wildman–Crippen LogP) is 3.70. The summed E-state index contributed by atoms with van der Waals surface area (Å²) in [6.07, 6.45) is 1.36. The summed E-state index contributed by atoms with van der Waals surface area (Å²) in [7, 11) is 0. The van der Waals surface area contributed by atoms with Crippen molar-refractivity contribution >= 4 is 58.1 Å². The molecular weight excluding hydrogens is 704 g/mol. The van der Waals surface area contributed by atoms with Crippen LogP contribution in [0.2, 0.25) is 5.02 Å². The van der Waals surface area contributed by atoms with Crippen LogP contribution in [0.25, 0.3) is 5.69 Å². The predicted molar refractivity (Wildman–Crippen MR) is 197 cm³/mol. The first kappa shape index (κ1) is 38.7. The second-order valence-electron chi connectivity index (χ2n) is 13.5. The van der Waals surface area contributed by atoms with Gasteiger partial charge >= 0.3 is 5.97 Å². The molecule has 3 N–H and O–H groups in total. The van der Waals surface area contributed by atoms with Crippen LogP contribution in [0.1, 0.15) is 49.5 Å². The number of β-amino-alcohol motifs (C(OH)–C–C–N with tert-alkyl or cyclic N) is 1. The van der Waals surface area contributed by atoms with Crippen LogP contribution in [0.3, 0.4) is 0 Å². The Morgan fingerprint density at radius 3 is 2.36 bits per heavy atom. The first-order valence-electron chi connectivity index (χ1n) is 17.0. The minimum Gasteiger partial charge on any atom is -0.456 e. The lowest BCUT2D eigenvalue weighted by Gasteiger charge is -2.34. The van der Waals surface area contributed by atoms with Crippen molar-refractivity contribution < 1.29 is 33.8 Å². The summed E-state index contributed by atoms with van der Waals surface area (Å²) in [6.45, 7) is 7.05. The largest absolute Gasteiger partial charge is 0.456 e. The molecule has 1 aliphatic heterocycles. The monoisotopic (exact) mass is 744 g/mol. The van der Waals surface area contributed by atoms with Crippen LogP contribution in [0.5, 0.6) is 0 Å². The molecule has 3 aromatic carbocycles. The molecule has 0 radical (unpaired) electrons. The lowest BCUT2D eigenvalue weighted by molar-refractivity contribution is -0.135. The Morgan fingerprint density at radius 1 is 0.981 bits per heavy atom. The summed E-state index contributed by atoms with van der Waals surface area (Å²) in [5.41, 5.74) is 2.20. The van der Waals surface area contributed by atoms with Crippen LogP contribution in [0, 0.1) is 5.92 Å². The van der Waals surface area contributed by atoms with E-state index in [1.165, 1.54) is 17.1 Å². The number of ketones is 1. The van der Waals surface area contributed by atoms with Crippen molar-refractivity contribution in [2.75, 3.05) is 48.3 Å². The van der Waals surface area contributed by atoms with E-state index in [-0.39, 0.29) is 44.0 Å². The number of rotatable bonds is 14. The molecule has 4 aromatic rings. The summed E-state index contributed by atoms with van der Waals surface area (Å²) in [4.78, 5) is 68.8. The molecule has 1 aliphatic rings. The molecule has 0 bridgehead atoms. The van der Waals surface area contributed by atoms with Crippen LogP contribution in [-0.4, -0.2) is 98.1 Å². The molecule has 278 valence electrons. The molecular formula is C37H41ClN8O7. The number of amides is 3. The van der Waals surface area contributed by atoms with Crippen molar-refractivity contribution in [2.24, 2.45) is 5.92 Å². The van der Waals surface area contributed by atoms with Gasteiger partial charge in [0.15, 0.2) is 0 Å². The number of piperazine rings is 1. The molecule has 0 aliphatic carbocycles. The van der Waals surface area contributed by atoms with E-state index < -0.39 is 35.1 Å². The molecule has 2 heterocycles. The minimum absolute atomic E-state index is 0.0187. The average molecular weight is 745 g/mol. The van der Waals surface area contributed by atoms with E-state index in [2.05, 4.69) is 26.2 Å². The number of carbonyl (C=O) groups is 5. The van der Waals surface area contributed by atoms with Gasteiger partial charge in [-0.3, -0.25) is 24.1 Å². The maximum absolute atomic E-state index is 13.7. The Labute approximate surface area is 311 Å². The maximum atomic E-state index is 13.7. The number of Topliss-reactive ketones (excluding diaryl/α,β-unsaturated/α-hetero) is 1. The normalized spacial score (nSPS) is 14.1. The standard InChI is InChI=1S/C37H41ClN8O7/c1-37(2,3)53-36(52)25-6-10-28(11-7-25)40-34(50)26(20-24-4-12-29(13-5-24)45-17-16-44(18-19-47)22-33(45)49)8-15-32(48)35(51)41-30-21-27(38)9-14-31(30)46-23-39-42-43-46/h4-7,9-14,21,23,26,47H,8,15-20,22H2,1-3H3,(H,40,50)(H,41,51)/t26-/m0/s1. The highest BCUT2D eigenvalue weighted by molar-refractivity contribution is 6.41. The fourth-order valence-electron chi connectivity index (χ4n) is 5.71. The van der Waals surface area contributed by atoms with Gasteiger partial charge in [-0.1, -0.05) is 23.7 Å². The van der Waals surface area contributed by atoms with E-state index in [0.29, 0.717) is 47.3 Å². The van der Waals surface area contributed by atoms with E-state index >= 15 is 0 Å². The Kier molecular flexibility index (Phi) is 12.7. The highest BCUT2D eigenvalue weighted by Gasteiger charge is 2.27. The summed E-state index contributed by atoms with van der Waals surface area (Å²) < 4.78 is 6.73. The van der Waals surface area contributed by atoms with Crippen LogP contribution in [-0.2, 0) is 30.3 Å². The Bertz CT molecular complexity index is 1930. The van der Waals surface area contributed by atoms with Crippen molar-refractivity contribution in [1.29, 1.82) is 0 Å². The van der Waals surface area contributed by atoms with Gasteiger partial charge in [-0.25, -0.2) is 4.79 Å². The molecule has 3 amide bonds. The van der Waals surface area contributed by atoms with Crippen LogP contribution < -0.4 is 15.5 Å². The molecule has 5 rings (SSSR count). The van der Waals surface area contributed by atoms with Gasteiger partial charge in [0.1, 0.15) is 11.9 Å². The van der Waals surface area contributed by atoms with Gasteiger partial charge in [-0.2, -0.15) is 4.68 Å². The molecule has 15 nitrogen and oxygen atoms in total. The number of ether oxygens (including phenoxy) is 1. The highest BCUT2D eigenvalue weighted by Crippen LogP contribution is 2.26. The van der Waals surface area contributed by atoms with E-state index in [0.717, 1.165) is 5.56 Å². The quantitative estimate of drug-likeness (QED) is 0.126. The number of aliphatic hydroxyl groups is 1. The number of hydrogen-bond donors (Lipinski definition) is 3. The van der Waals surface area contributed by atoms with E-state index in [1.54, 1.807) is 62.1 Å². The lowest BCUT2D eigenvalue weighted by atomic mass is 9.92. The summed E-state index contributed by atoms with van der Waals surface area (Å²) in [5.74, 6) is -3.35. The molecule has 1 fully saturated rings. The van der Waals surface area contributed by atoms with E-state index in [4.69, 9.17) is 16.3 Å². The first-order chi connectivity index (χ1) is 25.3. The number of esters is 1. The van der Waals surface area contributed by atoms with Crippen LogP contribution in [0.15, 0.2) is 73.1 Å². The van der Waals surface area contributed by atoms with Gasteiger partial charge in [0.25, 0.3) is 5.91 Å². The number of aliphatic hydroxyl groups excluding tert-OH is 1. The highest BCUT2D eigenvalue weighted by atomic mass is 35.5. The molecule has 1 aromatic heterocycles. The minimum atomic E-state index is -0.897. The molecule has 16 heteroatoms. The van der Waals surface area contributed by atoms with E-state index in [1.807, 2.05) is 29.2 Å². The van der Waals surface area contributed by atoms with Gasteiger partial charge < -0.3 is 25.4 Å². The van der Waals surface area contributed by atoms with Gasteiger partial charge in [-0.05, 0) is 104 Å². The number of hydrogen-bond acceptors (Lipinski definition) is 11. The lowest BCUT2D eigenvalue weighted by Crippen LogP contribution is -2.51. The molecule has 0 saturated carbocycles. The van der Waals surface area contributed by atoms with Crippen molar-refractivity contribution in [1.82, 2.24) is 25.1 Å². The molecule has 53 heavy (non-hydrogen) atoms. The molecule has 0 unspecified atom stereocenters. The molecule has 1 saturated heterocycles. The van der Waals surface area contributed by atoms with E-state index in [9.17, 15) is 29.1 Å². The molecule has 1 atom stereocenters. The number of tetrazole rings is 1. The van der Waals surface area contributed by atoms with Gasteiger partial charge in [0, 0.05) is 48.4 Å².